The Morgan fingerprint density at radius 3 is 2.48 bits per heavy atom. The molecule has 0 bridgehead atoms. The standard InChI is InChI=1S/C47H56Cl2N10O7/c1-5-29-23-56(16-17-57(29)37-9-7-33-34(42(37)49)24-58(45(33)63)38-10-11-40(60)53-44(38)62)30-20-32(21-30)66-31-12-14-55(15-13-31)47-51-22-35(48)43(54-47)52-28-6-8-36-27(18-28)19-39(65-25-41(61)50-4)46(64)59(36)26(2)3/h6-9,18-19,22,26,29-32,38H,5,10-17,20-21,23-25H2,1-4H3,(H,50,61)(H,51,52,54)(H,53,60,62)/t29-,30?,32?,38+/m0/s1. The molecular formula is C47H56Cl2N10O7. The molecule has 2 aromatic heterocycles. The third-order valence-corrected chi connectivity index (χ3v) is 14.5. The summed E-state index contributed by atoms with van der Waals surface area (Å²) in [4.78, 5) is 80.9. The molecule has 2 aromatic carbocycles. The molecule has 4 fully saturated rings. The van der Waals surface area contributed by atoms with E-state index in [2.05, 4.69) is 42.6 Å². The summed E-state index contributed by atoms with van der Waals surface area (Å²) in [7, 11) is 1.51. The second kappa shape index (κ2) is 19.0. The molecule has 1 saturated carbocycles. The van der Waals surface area contributed by atoms with Crippen LogP contribution in [0, 0.1) is 0 Å². The van der Waals surface area contributed by atoms with E-state index in [9.17, 15) is 24.0 Å². The smallest absolute Gasteiger partial charge is 0.293 e. The Morgan fingerprint density at radius 2 is 1.76 bits per heavy atom. The predicted octanol–water partition coefficient (Wildman–Crippen LogP) is 5.43. The topological polar surface area (TPSA) is 184 Å². The highest BCUT2D eigenvalue weighted by molar-refractivity contribution is 6.35. The number of benzene rings is 2. The molecule has 350 valence electrons. The first kappa shape index (κ1) is 45.7. The van der Waals surface area contributed by atoms with Crippen LogP contribution < -0.4 is 36.0 Å². The van der Waals surface area contributed by atoms with Crippen LogP contribution in [0.5, 0.6) is 5.75 Å². The molecule has 3 saturated heterocycles. The zero-order valence-electron chi connectivity index (χ0n) is 37.6. The number of anilines is 4. The number of halogens is 2. The largest absolute Gasteiger partial charge is 0.478 e. The van der Waals surface area contributed by atoms with Crippen molar-refractivity contribution in [1.29, 1.82) is 0 Å². The first-order chi connectivity index (χ1) is 31.8. The van der Waals surface area contributed by atoms with Crippen LogP contribution in [-0.4, -0.2) is 125 Å². The maximum Gasteiger partial charge on any atom is 0.293 e. The van der Waals surface area contributed by atoms with Crippen LogP contribution in [0.2, 0.25) is 10.0 Å². The van der Waals surface area contributed by atoms with Gasteiger partial charge in [-0.15, -0.1) is 0 Å². The number of piperidine rings is 2. The van der Waals surface area contributed by atoms with Gasteiger partial charge in [-0.2, -0.15) is 4.98 Å². The van der Waals surface area contributed by atoms with E-state index in [1.807, 2.05) is 44.2 Å². The van der Waals surface area contributed by atoms with Gasteiger partial charge < -0.3 is 39.4 Å². The number of aromatic nitrogens is 3. The summed E-state index contributed by atoms with van der Waals surface area (Å²) in [5.74, 6) is -0.163. The molecule has 6 heterocycles. The van der Waals surface area contributed by atoms with E-state index in [4.69, 9.17) is 37.7 Å². The average Bonchev–Trinajstić information content (AvgIpc) is 3.63. The molecule has 2 atom stereocenters. The highest BCUT2D eigenvalue weighted by Gasteiger charge is 2.43. The number of ether oxygens (including phenoxy) is 2. The van der Waals surface area contributed by atoms with Crippen molar-refractivity contribution < 1.29 is 28.7 Å². The van der Waals surface area contributed by atoms with Crippen molar-refractivity contribution in [2.75, 3.05) is 61.5 Å². The Kier molecular flexibility index (Phi) is 13.2. The van der Waals surface area contributed by atoms with E-state index in [1.165, 1.54) is 7.05 Å². The van der Waals surface area contributed by atoms with Crippen molar-refractivity contribution in [2.45, 2.75) is 109 Å². The van der Waals surface area contributed by atoms with Gasteiger partial charge >= 0.3 is 0 Å². The molecule has 3 N–H and O–H groups in total. The van der Waals surface area contributed by atoms with Gasteiger partial charge in [-0.3, -0.25) is 34.2 Å². The molecule has 1 aliphatic carbocycles. The molecule has 4 amide bonds. The number of piperazine rings is 1. The number of pyridine rings is 1. The number of imide groups is 1. The number of nitrogens with one attached hydrogen (secondary N) is 3. The number of hydrogen-bond donors (Lipinski definition) is 3. The fourth-order valence-electron chi connectivity index (χ4n) is 10.1. The van der Waals surface area contributed by atoms with Gasteiger partial charge in [-0.05, 0) is 88.8 Å². The van der Waals surface area contributed by atoms with Gasteiger partial charge in [0, 0.05) is 93.1 Å². The van der Waals surface area contributed by atoms with E-state index in [1.54, 1.807) is 21.7 Å². The van der Waals surface area contributed by atoms with Gasteiger partial charge in [-0.25, -0.2) is 4.98 Å². The van der Waals surface area contributed by atoms with Crippen molar-refractivity contribution >= 4 is 80.9 Å². The van der Waals surface area contributed by atoms with E-state index < -0.39 is 11.9 Å². The molecule has 0 radical (unpaired) electrons. The van der Waals surface area contributed by atoms with Crippen molar-refractivity contribution in [3.05, 3.63) is 74.1 Å². The zero-order chi connectivity index (χ0) is 46.4. The van der Waals surface area contributed by atoms with Crippen LogP contribution in [0.15, 0.2) is 47.4 Å². The monoisotopic (exact) mass is 942 g/mol. The summed E-state index contributed by atoms with van der Waals surface area (Å²) in [6.45, 7) is 10.2. The Hall–Kier alpha value is -5.49. The lowest BCUT2D eigenvalue weighted by Crippen LogP contribution is -2.59. The molecule has 0 unspecified atom stereocenters. The molecule has 9 rings (SSSR count). The summed E-state index contributed by atoms with van der Waals surface area (Å²) in [6.07, 6.45) is 7.16. The van der Waals surface area contributed by atoms with Crippen molar-refractivity contribution in [1.82, 2.24) is 35.0 Å². The SMILES string of the molecule is CC[C@H]1CN(C2CC(OC3CCN(c4ncc(Cl)c(Nc5ccc6c(c5)cc(OCC(=O)NC)c(=O)n6C(C)C)n4)CC3)C2)CCN1c1ccc2c(c1Cl)CN([C@@H]1CCC(=O)NC1=O)C2=O. The molecule has 66 heavy (non-hydrogen) atoms. The van der Waals surface area contributed by atoms with Crippen LogP contribution in [-0.2, 0) is 25.7 Å². The van der Waals surface area contributed by atoms with Gasteiger partial charge in [0.2, 0.25) is 17.8 Å². The number of rotatable bonds is 13. The molecule has 17 nitrogen and oxygen atoms in total. The van der Waals surface area contributed by atoms with Crippen molar-refractivity contribution in [3.8, 4) is 5.75 Å². The maximum absolute atomic E-state index is 13.4. The zero-order valence-corrected chi connectivity index (χ0v) is 39.2. The second-order valence-corrected chi connectivity index (χ2v) is 18.9. The minimum atomic E-state index is -0.681. The quantitative estimate of drug-likeness (QED) is 0.145. The third kappa shape index (κ3) is 9.02. The lowest BCUT2D eigenvalue weighted by Gasteiger charge is -2.50. The van der Waals surface area contributed by atoms with Gasteiger partial charge in [0.25, 0.3) is 17.4 Å². The Bertz CT molecular complexity index is 2610. The molecule has 0 spiro atoms. The highest BCUT2D eigenvalue weighted by atomic mass is 35.5. The molecular weight excluding hydrogens is 887 g/mol. The third-order valence-electron chi connectivity index (χ3n) is 13.8. The molecule has 4 aromatic rings. The van der Waals surface area contributed by atoms with Crippen LogP contribution in [0.4, 0.5) is 23.1 Å². The lowest BCUT2D eigenvalue weighted by molar-refractivity contribution is -0.137. The Morgan fingerprint density at radius 1 is 0.970 bits per heavy atom. The number of nitrogens with zero attached hydrogens (tertiary/aromatic N) is 7. The minimum Gasteiger partial charge on any atom is -0.478 e. The second-order valence-electron chi connectivity index (χ2n) is 18.1. The summed E-state index contributed by atoms with van der Waals surface area (Å²) in [5.41, 5.74) is 3.33. The number of amides is 4. The van der Waals surface area contributed by atoms with Crippen molar-refractivity contribution in [2.24, 2.45) is 0 Å². The first-order valence-electron chi connectivity index (χ1n) is 23.0. The Balaban J connectivity index is 0.765. The van der Waals surface area contributed by atoms with Crippen LogP contribution >= 0.6 is 23.2 Å². The number of carbonyl (C=O) groups excluding carboxylic acids is 4. The van der Waals surface area contributed by atoms with E-state index in [0.29, 0.717) is 45.5 Å². The van der Waals surface area contributed by atoms with Crippen LogP contribution in [0.1, 0.15) is 87.7 Å². The first-order valence-corrected chi connectivity index (χ1v) is 23.7. The highest BCUT2D eigenvalue weighted by Crippen LogP contribution is 2.41. The van der Waals surface area contributed by atoms with Crippen molar-refractivity contribution in [3.63, 3.8) is 0 Å². The predicted molar refractivity (Wildman–Crippen MR) is 252 cm³/mol. The summed E-state index contributed by atoms with van der Waals surface area (Å²) >= 11 is 13.7. The van der Waals surface area contributed by atoms with Crippen LogP contribution in [0.25, 0.3) is 10.9 Å². The molecule has 4 aliphatic heterocycles. The Labute approximate surface area is 393 Å². The van der Waals surface area contributed by atoms with E-state index >= 15 is 0 Å². The summed E-state index contributed by atoms with van der Waals surface area (Å²) < 4.78 is 13.9. The number of fused-ring (bicyclic) bond motifs is 2. The maximum atomic E-state index is 13.4. The fourth-order valence-corrected chi connectivity index (χ4v) is 10.5. The van der Waals surface area contributed by atoms with Gasteiger partial charge in [0.05, 0.1) is 34.6 Å². The number of carbonyl (C=O) groups is 4. The summed E-state index contributed by atoms with van der Waals surface area (Å²) in [6, 6.07) is 11.0. The number of hydrogen-bond acceptors (Lipinski definition) is 13. The van der Waals surface area contributed by atoms with Gasteiger partial charge in [-0.1, -0.05) is 30.1 Å². The van der Waals surface area contributed by atoms with Crippen LogP contribution in [0.3, 0.4) is 0 Å². The van der Waals surface area contributed by atoms with Gasteiger partial charge in [0.1, 0.15) is 11.1 Å². The van der Waals surface area contributed by atoms with E-state index in [0.717, 1.165) is 87.0 Å². The van der Waals surface area contributed by atoms with Gasteiger partial charge in [0.15, 0.2) is 18.2 Å². The normalized spacial score (nSPS) is 22.7. The average molecular weight is 944 g/mol. The van der Waals surface area contributed by atoms with E-state index in [-0.39, 0.29) is 72.9 Å². The minimum absolute atomic E-state index is 0.0905. The fraction of sp³-hybridized carbons (Fsp3) is 0.511. The molecule has 19 heteroatoms. The molecule has 5 aliphatic rings. The lowest BCUT2D eigenvalue weighted by atomic mass is 9.86. The number of likely N-dealkylation sites (N-methyl/N-ethyl adjacent to an activating group) is 1. The summed E-state index contributed by atoms with van der Waals surface area (Å²) in [5, 5.41) is 9.90.